The predicted octanol–water partition coefficient (Wildman–Crippen LogP) is 6.25. The first-order chi connectivity index (χ1) is 18.4. The Morgan fingerprint density at radius 3 is 2.47 bits per heavy atom. The fourth-order valence-electron chi connectivity index (χ4n) is 5.40. The highest BCUT2D eigenvalue weighted by molar-refractivity contribution is 5.92. The molecule has 0 bridgehead atoms. The van der Waals surface area contributed by atoms with Crippen molar-refractivity contribution in [3.05, 3.63) is 52.1 Å². The van der Waals surface area contributed by atoms with Gasteiger partial charge in [0.2, 0.25) is 5.91 Å². The van der Waals surface area contributed by atoms with Gasteiger partial charge in [-0.1, -0.05) is 31.4 Å². The number of aryl methyl sites for hydroxylation is 1. The highest BCUT2D eigenvalue weighted by atomic mass is 16.6. The van der Waals surface area contributed by atoms with Crippen molar-refractivity contribution in [2.45, 2.75) is 76.9 Å². The van der Waals surface area contributed by atoms with Crippen LogP contribution in [0.15, 0.2) is 36.4 Å². The highest BCUT2D eigenvalue weighted by Gasteiger charge is 2.29. The van der Waals surface area contributed by atoms with Crippen LogP contribution in [0.2, 0.25) is 0 Å². The monoisotopic (exact) mass is 525 g/mol. The first kappa shape index (κ1) is 27.7. The van der Waals surface area contributed by atoms with Crippen molar-refractivity contribution in [2.24, 2.45) is 5.92 Å². The highest BCUT2D eigenvalue weighted by Crippen LogP contribution is 2.37. The zero-order valence-corrected chi connectivity index (χ0v) is 22.4. The summed E-state index contributed by atoms with van der Waals surface area (Å²) in [5.41, 5.74) is 2.11. The van der Waals surface area contributed by atoms with E-state index in [4.69, 9.17) is 14.2 Å². The van der Waals surface area contributed by atoms with Crippen LogP contribution >= 0.6 is 0 Å². The van der Waals surface area contributed by atoms with Crippen molar-refractivity contribution in [3.63, 3.8) is 0 Å². The Hall–Kier alpha value is -3.33. The number of anilines is 2. The van der Waals surface area contributed by atoms with E-state index in [0.29, 0.717) is 30.8 Å². The molecule has 0 saturated heterocycles. The van der Waals surface area contributed by atoms with E-state index in [9.17, 15) is 14.9 Å². The molecule has 4 rings (SSSR count). The maximum atomic E-state index is 12.8. The molecule has 0 atom stereocenters. The van der Waals surface area contributed by atoms with Gasteiger partial charge in [-0.05, 0) is 69.2 Å². The second-order valence-corrected chi connectivity index (χ2v) is 10.3. The fraction of sp³-hybridized carbons (Fsp3) is 0.552. The van der Waals surface area contributed by atoms with E-state index in [0.717, 1.165) is 37.0 Å². The van der Waals surface area contributed by atoms with E-state index >= 15 is 0 Å². The summed E-state index contributed by atoms with van der Waals surface area (Å²) in [7, 11) is 1.61. The molecular weight excluding hydrogens is 486 g/mol. The number of hydrogen-bond donors (Lipinski definition) is 2. The molecule has 2 aliphatic rings. The number of nitro benzene ring substituents is 1. The molecular formula is C29H39N3O6. The quantitative estimate of drug-likeness (QED) is 0.203. The van der Waals surface area contributed by atoms with Crippen molar-refractivity contribution >= 4 is 23.0 Å². The second-order valence-electron chi connectivity index (χ2n) is 10.3. The number of ether oxygens (including phenoxy) is 3. The summed E-state index contributed by atoms with van der Waals surface area (Å²) >= 11 is 0. The third-order valence-corrected chi connectivity index (χ3v) is 7.56. The first-order valence-electron chi connectivity index (χ1n) is 13.7. The normalized spacial score (nSPS) is 19.9. The standard InChI is InChI=1S/C29H39N3O6/c1-20-11-14-23(19-27(20)36-2)31-29(33)21-12-15-22(16-13-21)30-25-9-6-10-26(28(25)32(34)35)38-18-17-37-24-7-4-3-5-8-24/h6,9-11,14,19,21-22,24,30H,3-5,7-8,12-13,15-18H2,1-2H3,(H,31,33). The molecule has 1 amide bonds. The third kappa shape index (κ3) is 7.37. The zero-order chi connectivity index (χ0) is 26.9. The average molecular weight is 526 g/mol. The van der Waals surface area contributed by atoms with Crippen LogP contribution in [0.3, 0.4) is 0 Å². The van der Waals surface area contributed by atoms with E-state index in [1.165, 1.54) is 19.3 Å². The molecule has 2 aromatic rings. The van der Waals surface area contributed by atoms with Gasteiger partial charge in [0.15, 0.2) is 5.75 Å². The number of amides is 1. The van der Waals surface area contributed by atoms with Gasteiger partial charge in [0.1, 0.15) is 18.0 Å². The number of rotatable bonds is 11. The molecule has 0 heterocycles. The summed E-state index contributed by atoms with van der Waals surface area (Å²) in [5, 5.41) is 18.3. The number of carbonyl (C=O) groups is 1. The molecule has 2 aromatic carbocycles. The van der Waals surface area contributed by atoms with Crippen LogP contribution in [-0.4, -0.2) is 43.3 Å². The van der Waals surface area contributed by atoms with Crippen molar-refractivity contribution in [1.82, 2.24) is 0 Å². The number of para-hydroxylation sites is 1. The van der Waals surface area contributed by atoms with Crippen LogP contribution < -0.4 is 20.1 Å². The van der Waals surface area contributed by atoms with Crippen molar-refractivity contribution < 1.29 is 23.9 Å². The molecule has 0 unspecified atom stereocenters. The molecule has 2 saturated carbocycles. The van der Waals surface area contributed by atoms with Gasteiger partial charge in [-0.25, -0.2) is 0 Å². The van der Waals surface area contributed by atoms with Gasteiger partial charge < -0.3 is 24.8 Å². The summed E-state index contributed by atoms with van der Waals surface area (Å²) in [6, 6.07) is 10.8. The smallest absolute Gasteiger partial charge is 0.333 e. The summed E-state index contributed by atoms with van der Waals surface area (Å²) < 4.78 is 17.0. The van der Waals surface area contributed by atoms with Gasteiger partial charge in [0, 0.05) is 23.7 Å². The van der Waals surface area contributed by atoms with Crippen LogP contribution in [0.5, 0.6) is 11.5 Å². The maximum absolute atomic E-state index is 12.8. The van der Waals surface area contributed by atoms with Crippen LogP contribution in [0, 0.1) is 23.0 Å². The van der Waals surface area contributed by atoms with Crippen LogP contribution in [0.25, 0.3) is 0 Å². The number of nitrogens with zero attached hydrogens (tertiary/aromatic N) is 1. The minimum Gasteiger partial charge on any atom is -0.496 e. The molecule has 0 spiro atoms. The number of nitro groups is 1. The summed E-state index contributed by atoms with van der Waals surface area (Å²) in [5.74, 6) is 0.870. The van der Waals surface area contributed by atoms with Crippen molar-refractivity contribution in [1.29, 1.82) is 0 Å². The van der Waals surface area contributed by atoms with Gasteiger partial charge in [-0.2, -0.15) is 0 Å². The molecule has 0 aliphatic heterocycles. The molecule has 2 fully saturated rings. The fourth-order valence-corrected chi connectivity index (χ4v) is 5.40. The molecule has 9 nitrogen and oxygen atoms in total. The minimum absolute atomic E-state index is 0.00817. The Morgan fingerprint density at radius 1 is 1.00 bits per heavy atom. The van der Waals surface area contributed by atoms with Gasteiger partial charge in [-0.15, -0.1) is 0 Å². The van der Waals surface area contributed by atoms with E-state index in [1.807, 2.05) is 25.1 Å². The zero-order valence-electron chi connectivity index (χ0n) is 22.4. The summed E-state index contributed by atoms with van der Waals surface area (Å²) in [4.78, 5) is 24.4. The molecule has 9 heteroatoms. The van der Waals surface area contributed by atoms with Crippen LogP contribution in [0.1, 0.15) is 63.4 Å². The Bertz CT molecular complexity index is 1090. The maximum Gasteiger partial charge on any atom is 0.333 e. The van der Waals surface area contributed by atoms with Crippen molar-refractivity contribution in [2.75, 3.05) is 31.0 Å². The lowest BCUT2D eigenvalue weighted by atomic mass is 9.85. The average Bonchev–Trinajstić information content (AvgIpc) is 2.93. The lowest BCUT2D eigenvalue weighted by Crippen LogP contribution is -2.32. The Kier molecular flexibility index (Phi) is 9.81. The largest absolute Gasteiger partial charge is 0.496 e. The first-order valence-corrected chi connectivity index (χ1v) is 13.7. The number of carbonyl (C=O) groups excluding carboxylic acids is 1. The van der Waals surface area contributed by atoms with E-state index in [1.54, 1.807) is 25.3 Å². The Balaban J connectivity index is 1.28. The van der Waals surface area contributed by atoms with Gasteiger partial charge in [0.05, 0.1) is 24.7 Å². The lowest BCUT2D eigenvalue weighted by molar-refractivity contribution is -0.385. The Labute approximate surface area is 224 Å². The summed E-state index contributed by atoms with van der Waals surface area (Å²) in [6.45, 7) is 2.65. The molecule has 38 heavy (non-hydrogen) atoms. The van der Waals surface area contributed by atoms with Crippen molar-refractivity contribution in [3.8, 4) is 11.5 Å². The molecule has 0 radical (unpaired) electrons. The van der Waals surface area contributed by atoms with Crippen LogP contribution in [0.4, 0.5) is 17.1 Å². The number of methoxy groups -OCH3 is 1. The topological polar surface area (TPSA) is 112 Å². The molecule has 206 valence electrons. The van der Waals surface area contributed by atoms with Gasteiger partial charge in [0.25, 0.3) is 0 Å². The van der Waals surface area contributed by atoms with Crippen LogP contribution in [-0.2, 0) is 9.53 Å². The second kappa shape index (κ2) is 13.5. The molecule has 2 N–H and O–H groups in total. The van der Waals surface area contributed by atoms with Gasteiger partial charge >= 0.3 is 5.69 Å². The third-order valence-electron chi connectivity index (χ3n) is 7.56. The van der Waals surface area contributed by atoms with Gasteiger partial charge in [-0.3, -0.25) is 14.9 Å². The van der Waals surface area contributed by atoms with E-state index in [-0.39, 0.29) is 42.0 Å². The van der Waals surface area contributed by atoms with E-state index < -0.39 is 4.92 Å². The molecule has 2 aliphatic carbocycles. The predicted molar refractivity (Wildman–Crippen MR) is 147 cm³/mol. The SMILES string of the molecule is COc1cc(NC(=O)C2CCC(Nc3cccc(OCCOC4CCCCC4)c3[N+](=O)[O-])CC2)ccc1C. The lowest BCUT2D eigenvalue weighted by Gasteiger charge is -2.29. The summed E-state index contributed by atoms with van der Waals surface area (Å²) in [6.07, 6.45) is 8.96. The van der Waals surface area contributed by atoms with E-state index in [2.05, 4.69) is 10.6 Å². The molecule has 0 aromatic heterocycles. The minimum atomic E-state index is -0.394. The number of benzene rings is 2. The number of nitrogens with one attached hydrogen (secondary N) is 2. The Morgan fingerprint density at radius 2 is 1.76 bits per heavy atom. The number of hydrogen-bond acceptors (Lipinski definition) is 7.